The Kier molecular flexibility index (Phi) is 6.59. The largest absolute Gasteiger partial charge is 0.389 e. The molecule has 0 spiro atoms. The predicted molar refractivity (Wildman–Crippen MR) is 99.4 cm³/mol. The van der Waals surface area contributed by atoms with Crippen molar-refractivity contribution >= 4 is 27.5 Å². The standard InChI is InChI=1S/C19H18BrN3O/c1-14-4-2-3-5-18(14)23-19(24)16(12-21)13-22-11-10-15-6-8-17(20)9-7-15/h2-9,13,22H,10-11H2,1H3,(H,23,24)/b16-13-. The monoisotopic (exact) mass is 383 g/mol. The molecule has 2 rings (SSSR count). The van der Waals surface area contributed by atoms with Crippen LogP contribution in [0.5, 0.6) is 0 Å². The Balaban J connectivity index is 1.89. The SMILES string of the molecule is Cc1ccccc1NC(=O)/C(C#N)=C\NCCc1ccc(Br)cc1. The van der Waals surface area contributed by atoms with E-state index in [9.17, 15) is 4.79 Å². The summed E-state index contributed by atoms with van der Waals surface area (Å²) in [4.78, 5) is 12.2. The van der Waals surface area contributed by atoms with Crippen molar-refractivity contribution in [3.05, 3.63) is 75.9 Å². The number of nitrogens with zero attached hydrogens (tertiary/aromatic N) is 1. The van der Waals surface area contributed by atoms with Crippen LogP contribution in [-0.4, -0.2) is 12.5 Å². The van der Waals surface area contributed by atoms with Crippen molar-refractivity contribution in [2.75, 3.05) is 11.9 Å². The van der Waals surface area contributed by atoms with Gasteiger partial charge in [0.25, 0.3) is 5.91 Å². The van der Waals surface area contributed by atoms with Crippen LogP contribution in [-0.2, 0) is 11.2 Å². The van der Waals surface area contributed by atoms with E-state index in [1.165, 1.54) is 11.8 Å². The lowest BCUT2D eigenvalue weighted by Gasteiger charge is -2.07. The summed E-state index contributed by atoms with van der Waals surface area (Å²) in [5.74, 6) is -0.414. The topological polar surface area (TPSA) is 64.9 Å². The highest BCUT2D eigenvalue weighted by Crippen LogP contribution is 2.14. The zero-order valence-corrected chi connectivity index (χ0v) is 14.9. The number of nitrogens with one attached hydrogen (secondary N) is 2. The fraction of sp³-hybridized carbons (Fsp3) is 0.158. The number of hydrogen-bond donors (Lipinski definition) is 2. The maximum absolute atomic E-state index is 12.2. The Labute approximate surface area is 150 Å². The Bertz CT molecular complexity index is 776. The molecule has 0 radical (unpaired) electrons. The summed E-state index contributed by atoms with van der Waals surface area (Å²) in [6, 6.07) is 17.4. The fourth-order valence-corrected chi connectivity index (χ4v) is 2.36. The van der Waals surface area contributed by atoms with E-state index in [0.29, 0.717) is 12.2 Å². The van der Waals surface area contributed by atoms with Gasteiger partial charge in [0, 0.05) is 22.9 Å². The van der Waals surface area contributed by atoms with Crippen LogP contribution in [0.4, 0.5) is 5.69 Å². The zero-order chi connectivity index (χ0) is 17.4. The third-order valence-electron chi connectivity index (χ3n) is 3.48. The fourth-order valence-electron chi connectivity index (χ4n) is 2.09. The first-order valence-corrected chi connectivity index (χ1v) is 8.34. The Hall–Kier alpha value is -2.58. The van der Waals surface area contributed by atoms with Crippen LogP contribution in [0, 0.1) is 18.3 Å². The molecule has 2 aromatic rings. The van der Waals surface area contributed by atoms with Crippen LogP contribution in [0.15, 0.2) is 64.8 Å². The van der Waals surface area contributed by atoms with Gasteiger partial charge in [0.2, 0.25) is 0 Å². The maximum atomic E-state index is 12.2. The van der Waals surface area contributed by atoms with Crippen LogP contribution in [0.25, 0.3) is 0 Å². The van der Waals surface area contributed by atoms with E-state index in [2.05, 4.69) is 26.6 Å². The van der Waals surface area contributed by atoms with Crippen molar-refractivity contribution in [1.82, 2.24) is 5.32 Å². The van der Waals surface area contributed by atoms with Crippen LogP contribution in [0.2, 0.25) is 0 Å². The number of amides is 1. The summed E-state index contributed by atoms with van der Waals surface area (Å²) < 4.78 is 1.04. The lowest BCUT2D eigenvalue weighted by Crippen LogP contribution is -2.18. The van der Waals surface area contributed by atoms with Crippen LogP contribution >= 0.6 is 15.9 Å². The van der Waals surface area contributed by atoms with Gasteiger partial charge in [-0.05, 0) is 42.7 Å². The molecule has 2 N–H and O–H groups in total. The van der Waals surface area contributed by atoms with Gasteiger partial charge in [0.05, 0.1) is 0 Å². The minimum atomic E-state index is -0.414. The Morgan fingerprint density at radius 2 is 1.92 bits per heavy atom. The first-order chi connectivity index (χ1) is 11.6. The minimum absolute atomic E-state index is 0.0501. The van der Waals surface area contributed by atoms with Gasteiger partial charge in [-0.25, -0.2) is 0 Å². The normalized spacial score (nSPS) is 10.8. The minimum Gasteiger partial charge on any atom is -0.389 e. The molecule has 24 heavy (non-hydrogen) atoms. The van der Waals surface area contributed by atoms with Gasteiger partial charge in [0.15, 0.2) is 0 Å². The van der Waals surface area contributed by atoms with Gasteiger partial charge in [-0.15, -0.1) is 0 Å². The van der Waals surface area contributed by atoms with Crippen LogP contribution in [0.1, 0.15) is 11.1 Å². The second kappa shape index (κ2) is 8.90. The van der Waals surface area contributed by atoms with Gasteiger partial charge in [-0.3, -0.25) is 4.79 Å². The van der Waals surface area contributed by atoms with Crippen molar-refractivity contribution < 1.29 is 4.79 Å². The molecule has 0 aliphatic rings. The number of carbonyl (C=O) groups excluding carboxylic acids is 1. The zero-order valence-electron chi connectivity index (χ0n) is 13.3. The van der Waals surface area contributed by atoms with Crippen molar-refractivity contribution in [1.29, 1.82) is 5.26 Å². The molecule has 0 fully saturated rings. The van der Waals surface area contributed by atoms with Gasteiger partial charge in [-0.2, -0.15) is 5.26 Å². The summed E-state index contributed by atoms with van der Waals surface area (Å²) in [6.07, 6.45) is 2.27. The molecule has 0 unspecified atom stereocenters. The molecule has 0 aromatic heterocycles. The number of aryl methyl sites for hydroxylation is 1. The molecule has 1 amide bonds. The molecule has 0 saturated heterocycles. The van der Waals surface area contributed by atoms with E-state index in [4.69, 9.17) is 5.26 Å². The van der Waals surface area contributed by atoms with Crippen LogP contribution < -0.4 is 10.6 Å². The molecule has 122 valence electrons. The van der Waals surface area contributed by atoms with Gasteiger partial charge in [0.1, 0.15) is 11.6 Å². The quantitative estimate of drug-likeness (QED) is 0.451. The average Bonchev–Trinajstić information content (AvgIpc) is 2.58. The molecule has 0 heterocycles. The third-order valence-corrected chi connectivity index (χ3v) is 4.00. The summed E-state index contributed by atoms with van der Waals surface area (Å²) in [5, 5.41) is 14.9. The van der Waals surface area contributed by atoms with E-state index in [0.717, 1.165) is 16.5 Å². The van der Waals surface area contributed by atoms with E-state index >= 15 is 0 Å². The molecule has 0 atom stereocenters. The van der Waals surface area contributed by atoms with Crippen molar-refractivity contribution in [3.8, 4) is 6.07 Å². The molecular weight excluding hydrogens is 366 g/mol. The lowest BCUT2D eigenvalue weighted by molar-refractivity contribution is -0.112. The van der Waals surface area contributed by atoms with Gasteiger partial charge < -0.3 is 10.6 Å². The van der Waals surface area contributed by atoms with Crippen molar-refractivity contribution in [2.45, 2.75) is 13.3 Å². The van der Waals surface area contributed by atoms with Crippen molar-refractivity contribution in [2.24, 2.45) is 0 Å². The van der Waals surface area contributed by atoms with E-state index < -0.39 is 5.91 Å². The summed E-state index contributed by atoms with van der Waals surface area (Å²) in [6.45, 7) is 2.55. The first kappa shape index (κ1) is 17.8. The molecule has 0 aliphatic heterocycles. The second-order valence-electron chi connectivity index (χ2n) is 5.27. The highest BCUT2D eigenvalue weighted by Gasteiger charge is 2.10. The molecule has 5 heteroatoms. The molecule has 0 saturated carbocycles. The maximum Gasteiger partial charge on any atom is 0.267 e. The highest BCUT2D eigenvalue weighted by molar-refractivity contribution is 9.10. The number of para-hydroxylation sites is 1. The van der Waals surface area contributed by atoms with E-state index in [1.807, 2.05) is 61.5 Å². The number of rotatable bonds is 6. The van der Waals surface area contributed by atoms with Gasteiger partial charge in [-0.1, -0.05) is 46.3 Å². The smallest absolute Gasteiger partial charge is 0.267 e. The van der Waals surface area contributed by atoms with E-state index in [-0.39, 0.29) is 5.57 Å². The molecule has 0 bridgehead atoms. The Morgan fingerprint density at radius 1 is 1.21 bits per heavy atom. The summed E-state index contributed by atoms with van der Waals surface area (Å²) in [7, 11) is 0. The van der Waals surface area contributed by atoms with Gasteiger partial charge >= 0.3 is 0 Å². The van der Waals surface area contributed by atoms with Crippen LogP contribution in [0.3, 0.4) is 0 Å². The number of halogens is 1. The Morgan fingerprint density at radius 3 is 2.58 bits per heavy atom. The number of anilines is 1. The number of hydrogen-bond acceptors (Lipinski definition) is 3. The summed E-state index contributed by atoms with van der Waals surface area (Å²) in [5.41, 5.74) is 2.89. The highest BCUT2D eigenvalue weighted by atomic mass is 79.9. The molecule has 2 aromatic carbocycles. The third kappa shape index (κ3) is 5.25. The van der Waals surface area contributed by atoms with Crippen molar-refractivity contribution in [3.63, 3.8) is 0 Å². The number of carbonyl (C=O) groups is 1. The molecule has 4 nitrogen and oxygen atoms in total. The summed E-state index contributed by atoms with van der Waals surface area (Å²) >= 11 is 3.40. The number of nitriles is 1. The van der Waals surface area contributed by atoms with E-state index in [1.54, 1.807) is 0 Å². The first-order valence-electron chi connectivity index (χ1n) is 7.55. The predicted octanol–water partition coefficient (Wildman–Crippen LogP) is 3.94. The number of benzene rings is 2. The molecule has 0 aliphatic carbocycles. The molecular formula is C19H18BrN3O. The lowest BCUT2D eigenvalue weighted by atomic mass is 10.1. The second-order valence-corrected chi connectivity index (χ2v) is 6.19. The average molecular weight is 384 g/mol.